The Kier molecular flexibility index (Phi) is 2.49. The number of aromatic hydroxyl groups is 2. The monoisotopic (exact) mass is 365 g/mol. The molecule has 0 saturated heterocycles. The van der Waals surface area contributed by atoms with Crippen LogP contribution < -0.4 is 24.5 Å². The largest absolute Gasteiger partial charge is 0.507 e. The minimum atomic E-state index is -0.421. The Bertz CT molecular complexity index is 1370. The van der Waals surface area contributed by atoms with Crippen molar-refractivity contribution in [1.29, 1.82) is 0 Å². The number of H-pyrrole nitrogens is 1. The van der Waals surface area contributed by atoms with Crippen molar-refractivity contribution in [2.75, 3.05) is 13.6 Å². The first kappa shape index (κ1) is 14.4. The molecule has 27 heavy (non-hydrogen) atoms. The summed E-state index contributed by atoms with van der Waals surface area (Å²) in [7, 11) is 0. The Morgan fingerprint density at radius 3 is 2.37 bits per heavy atom. The van der Waals surface area contributed by atoms with Gasteiger partial charge in [-0.15, -0.1) is 0 Å². The molecule has 3 aromatic carbocycles. The van der Waals surface area contributed by atoms with Gasteiger partial charge in [-0.2, -0.15) is 0 Å². The number of aromatic amines is 1. The third kappa shape index (κ3) is 1.74. The van der Waals surface area contributed by atoms with Crippen LogP contribution in [0.3, 0.4) is 0 Å². The zero-order valence-electron chi connectivity index (χ0n) is 13.7. The van der Waals surface area contributed by atoms with Crippen LogP contribution in [0.15, 0.2) is 29.1 Å². The first-order chi connectivity index (χ1) is 13.1. The smallest absolute Gasteiger partial charge is 0.256 e. The number of hydrogen-bond acceptors (Lipinski definition) is 7. The molecule has 0 fully saturated rings. The van der Waals surface area contributed by atoms with Crippen LogP contribution in [0.4, 0.5) is 0 Å². The number of aromatic nitrogens is 1. The summed E-state index contributed by atoms with van der Waals surface area (Å²) < 4.78 is 21.4. The molecule has 3 N–H and O–H groups in total. The standard InChI is InChI=1S/C19H11NO7/c21-10-1-7-2-11-12(25-5-24-11)3-8(7)16-15(10)14-9(19(23)20-16)4-13-18(17(14)22)27-6-26-13/h1-4,21-22H,5-6H2,(H,20,23). The molecule has 0 unspecified atom stereocenters. The van der Waals surface area contributed by atoms with Crippen LogP contribution in [0.25, 0.3) is 32.4 Å². The molecule has 0 atom stereocenters. The molecule has 0 spiro atoms. The van der Waals surface area contributed by atoms with Crippen molar-refractivity contribution in [3.63, 3.8) is 0 Å². The van der Waals surface area contributed by atoms with E-state index >= 15 is 0 Å². The highest BCUT2D eigenvalue weighted by atomic mass is 16.7. The topological polar surface area (TPSA) is 110 Å². The first-order valence-corrected chi connectivity index (χ1v) is 8.18. The fourth-order valence-electron chi connectivity index (χ4n) is 3.80. The average molecular weight is 365 g/mol. The predicted octanol–water partition coefficient (Wildman–Crippen LogP) is 2.70. The highest BCUT2D eigenvalue weighted by Crippen LogP contribution is 2.49. The van der Waals surface area contributed by atoms with E-state index in [0.29, 0.717) is 33.2 Å². The molecule has 0 radical (unpaired) electrons. The fraction of sp³-hybridized carbons (Fsp3) is 0.105. The molecule has 4 aromatic rings. The lowest BCUT2D eigenvalue weighted by Crippen LogP contribution is -2.07. The summed E-state index contributed by atoms with van der Waals surface area (Å²) in [6.07, 6.45) is 0. The van der Waals surface area contributed by atoms with Gasteiger partial charge in [0.05, 0.1) is 16.3 Å². The SMILES string of the molecule is O=c1[nH]c2c3cc4c(cc3cc(O)c2c2c(O)c3c(cc12)OCO3)OCO4. The van der Waals surface area contributed by atoms with Gasteiger partial charge in [-0.3, -0.25) is 4.79 Å². The number of fused-ring (bicyclic) bond motifs is 7. The molecule has 0 aliphatic carbocycles. The summed E-state index contributed by atoms with van der Waals surface area (Å²) in [6, 6.07) is 6.53. The number of pyridine rings is 1. The number of phenolic OH excluding ortho intramolecular Hbond substituents is 2. The van der Waals surface area contributed by atoms with E-state index in [1.807, 2.05) is 0 Å². The van der Waals surface area contributed by atoms with E-state index in [-0.39, 0.29) is 47.4 Å². The molecule has 134 valence electrons. The average Bonchev–Trinajstić information content (AvgIpc) is 3.29. The van der Waals surface area contributed by atoms with Crippen LogP contribution in [0, 0.1) is 0 Å². The van der Waals surface area contributed by atoms with Gasteiger partial charge in [0.1, 0.15) is 5.75 Å². The Labute approximate surface area is 150 Å². The van der Waals surface area contributed by atoms with Crippen molar-refractivity contribution < 1.29 is 29.2 Å². The molecule has 0 amide bonds. The molecular formula is C19H11NO7. The van der Waals surface area contributed by atoms with Gasteiger partial charge in [0.15, 0.2) is 23.0 Å². The Morgan fingerprint density at radius 1 is 0.815 bits per heavy atom. The summed E-state index contributed by atoms with van der Waals surface area (Å²) in [4.78, 5) is 15.5. The number of phenols is 2. The van der Waals surface area contributed by atoms with E-state index in [2.05, 4.69) is 4.98 Å². The van der Waals surface area contributed by atoms with Crippen molar-refractivity contribution in [1.82, 2.24) is 4.98 Å². The summed E-state index contributed by atoms with van der Waals surface area (Å²) >= 11 is 0. The minimum absolute atomic E-state index is 0.0482. The summed E-state index contributed by atoms with van der Waals surface area (Å²) in [5.74, 6) is 1.22. The van der Waals surface area contributed by atoms with E-state index in [1.165, 1.54) is 6.07 Å². The van der Waals surface area contributed by atoms with Crippen LogP contribution in [0.2, 0.25) is 0 Å². The van der Waals surface area contributed by atoms with Gasteiger partial charge in [0.2, 0.25) is 19.3 Å². The Balaban J connectivity index is 1.86. The van der Waals surface area contributed by atoms with Gasteiger partial charge in [0.25, 0.3) is 5.56 Å². The van der Waals surface area contributed by atoms with Gasteiger partial charge in [-0.05, 0) is 29.7 Å². The van der Waals surface area contributed by atoms with Crippen molar-refractivity contribution in [2.45, 2.75) is 0 Å². The normalized spacial score (nSPS) is 14.5. The maximum absolute atomic E-state index is 12.7. The van der Waals surface area contributed by atoms with E-state index < -0.39 is 5.56 Å². The number of rotatable bonds is 0. The quantitative estimate of drug-likeness (QED) is 0.411. The number of benzene rings is 3. The second kappa shape index (κ2) is 4.67. The molecule has 6 rings (SSSR count). The maximum Gasteiger partial charge on any atom is 0.256 e. The second-order valence-electron chi connectivity index (χ2n) is 6.41. The lowest BCUT2D eigenvalue weighted by molar-refractivity contribution is 0.171. The number of hydrogen-bond donors (Lipinski definition) is 3. The van der Waals surface area contributed by atoms with Crippen molar-refractivity contribution in [3.8, 4) is 34.5 Å². The summed E-state index contributed by atoms with van der Waals surface area (Å²) in [5, 5.41) is 23.5. The van der Waals surface area contributed by atoms with Gasteiger partial charge in [-0.25, -0.2) is 0 Å². The molecule has 2 aliphatic rings. The number of nitrogens with one attached hydrogen (secondary N) is 1. The second-order valence-corrected chi connectivity index (χ2v) is 6.41. The van der Waals surface area contributed by atoms with Gasteiger partial charge in [0, 0.05) is 10.8 Å². The van der Waals surface area contributed by atoms with Crippen LogP contribution in [0.1, 0.15) is 0 Å². The zero-order chi connectivity index (χ0) is 18.3. The molecule has 0 bridgehead atoms. The molecular weight excluding hydrogens is 354 g/mol. The molecule has 3 heterocycles. The van der Waals surface area contributed by atoms with Crippen LogP contribution in [-0.4, -0.2) is 28.8 Å². The van der Waals surface area contributed by atoms with E-state index in [1.54, 1.807) is 18.2 Å². The van der Waals surface area contributed by atoms with E-state index in [4.69, 9.17) is 18.9 Å². The molecule has 2 aliphatic heterocycles. The first-order valence-electron chi connectivity index (χ1n) is 8.18. The summed E-state index contributed by atoms with van der Waals surface area (Å²) in [6.45, 7) is 0.0622. The third-order valence-electron chi connectivity index (χ3n) is 4.98. The zero-order valence-corrected chi connectivity index (χ0v) is 13.7. The Morgan fingerprint density at radius 2 is 1.52 bits per heavy atom. The van der Waals surface area contributed by atoms with Crippen molar-refractivity contribution >= 4 is 32.4 Å². The molecule has 1 aromatic heterocycles. The maximum atomic E-state index is 12.7. The van der Waals surface area contributed by atoms with E-state index in [9.17, 15) is 15.0 Å². The van der Waals surface area contributed by atoms with E-state index in [0.717, 1.165) is 0 Å². The molecule has 0 saturated carbocycles. The lowest BCUT2D eigenvalue weighted by atomic mass is 9.99. The Hall–Kier alpha value is -3.81. The van der Waals surface area contributed by atoms with Gasteiger partial charge >= 0.3 is 0 Å². The minimum Gasteiger partial charge on any atom is -0.507 e. The lowest BCUT2D eigenvalue weighted by Gasteiger charge is -2.12. The highest BCUT2D eigenvalue weighted by Gasteiger charge is 2.26. The van der Waals surface area contributed by atoms with Gasteiger partial charge < -0.3 is 34.1 Å². The number of ether oxygens (including phenoxy) is 4. The fourth-order valence-corrected chi connectivity index (χ4v) is 3.80. The molecule has 8 nitrogen and oxygen atoms in total. The summed E-state index contributed by atoms with van der Waals surface area (Å²) in [5.41, 5.74) is -0.0365. The van der Waals surface area contributed by atoms with Crippen molar-refractivity contribution in [3.05, 3.63) is 34.6 Å². The predicted molar refractivity (Wildman–Crippen MR) is 95.2 cm³/mol. The van der Waals surface area contributed by atoms with Crippen LogP contribution in [0.5, 0.6) is 34.5 Å². The third-order valence-corrected chi connectivity index (χ3v) is 4.98. The molecule has 8 heteroatoms. The van der Waals surface area contributed by atoms with Crippen LogP contribution >= 0.6 is 0 Å². The van der Waals surface area contributed by atoms with Gasteiger partial charge in [-0.1, -0.05) is 0 Å². The van der Waals surface area contributed by atoms with Crippen molar-refractivity contribution in [2.24, 2.45) is 0 Å². The van der Waals surface area contributed by atoms with Crippen LogP contribution in [-0.2, 0) is 0 Å². The highest BCUT2D eigenvalue weighted by molar-refractivity contribution is 6.20.